The minimum Gasteiger partial charge on any atom is -0.377 e. The number of aryl methyl sites for hydroxylation is 1. The molecule has 2 aliphatic heterocycles. The van der Waals surface area contributed by atoms with Crippen LogP contribution in [0.4, 0.5) is 5.82 Å². The van der Waals surface area contributed by atoms with Gasteiger partial charge in [-0.2, -0.15) is 5.10 Å². The maximum Gasteiger partial charge on any atom is 0.245 e. The second-order valence-electron chi connectivity index (χ2n) is 6.04. The summed E-state index contributed by atoms with van der Waals surface area (Å²) in [6.45, 7) is 3.71. The number of hydrogen-bond donors (Lipinski definition) is 1. The number of anilines is 1. The minimum atomic E-state index is -0.125. The predicted molar refractivity (Wildman–Crippen MR) is 80.2 cm³/mol. The molecule has 3 heterocycles. The largest absolute Gasteiger partial charge is 0.377 e. The first kappa shape index (κ1) is 14.5. The van der Waals surface area contributed by atoms with E-state index < -0.39 is 0 Å². The SMILES string of the molecule is C[C@H](N[C@H]1CCCN(c2ccn(C)n2)C1=O)[C@@H]1CCCO1. The number of aromatic nitrogens is 2. The molecule has 0 bridgehead atoms. The first-order chi connectivity index (χ1) is 10.1. The van der Waals surface area contributed by atoms with Crippen molar-refractivity contribution in [1.29, 1.82) is 0 Å². The summed E-state index contributed by atoms with van der Waals surface area (Å²) >= 11 is 0. The van der Waals surface area contributed by atoms with Crippen LogP contribution in [-0.2, 0) is 16.6 Å². The first-order valence-corrected chi connectivity index (χ1v) is 7.84. The molecule has 6 nitrogen and oxygen atoms in total. The molecule has 116 valence electrons. The van der Waals surface area contributed by atoms with Gasteiger partial charge in [-0.1, -0.05) is 0 Å². The topological polar surface area (TPSA) is 59.4 Å². The number of rotatable bonds is 4. The molecule has 0 radical (unpaired) electrons. The van der Waals surface area contributed by atoms with Crippen molar-refractivity contribution < 1.29 is 9.53 Å². The highest BCUT2D eigenvalue weighted by Crippen LogP contribution is 2.21. The van der Waals surface area contributed by atoms with Crippen LogP contribution in [0.5, 0.6) is 0 Å². The Kier molecular flexibility index (Phi) is 4.26. The number of nitrogens with zero attached hydrogens (tertiary/aromatic N) is 3. The second kappa shape index (κ2) is 6.15. The Hall–Kier alpha value is -1.40. The fourth-order valence-corrected chi connectivity index (χ4v) is 3.23. The first-order valence-electron chi connectivity index (χ1n) is 7.84. The average Bonchev–Trinajstić information content (AvgIpc) is 3.12. The van der Waals surface area contributed by atoms with Crippen LogP contribution in [-0.4, -0.2) is 47.0 Å². The average molecular weight is 292 g/mol. The van der Waals surface area contributed by atoms with Crippen molar-refractivity contribution in [2.24, 2.45) is 7.05 Å². The molecule has 0 spiro atoms. The van der Waals surface area contributed by atoms with Gasteiger partial charge < -0.3 is 10.1 Å². The van der Waals surface area contributed by atoms with Gasteiger partial charge in [-0.3, -0.25) is 14.4 Å². The Labute approximate surface area is 125 Å². The van der Waals surface area contributed by atoms with Crippen molar-refractivity contribution in [3.05, 3.63) is 12.3 Å². The number of amides is 1. The Morgan fingerprint density at radius 1 is 1.43 bits per heavy atom. The van der Waals surface area contributed by atoms with Crippen molar-refractivity contribution >= 4 is 11.7 Å². The summed E-state index contributed by atoms with van der Waals surface area (Å²) < 4.78 is 7.43. The number of nitrogens with one attached hydrogen (secondary N) is 1. The van der Waals surface area contributed by atoms with Crippen LogP contribution in [0.2, 0.25) is 0 Å². The summed E-state index contributed by atoms with van der Waals surface area (Å²) in [5.41, 5.74) is 0. The lowest BCUT2D eigenvalue weighted by molar-refractivity contribution is -0.122. The van der Waals surface area contributed by atoms with Crippen LogP contribution < -0.4 is 10.2 Å². The van der Waals surface area contributed by atoms with Gasteiger partial charge in [0.15, 0.2) is 5.82 Å². The predicted octanol–water partition coefficient (Wildman–Crippen LogP) is 1.07. The molecule has 3 atom stereocenters. The quantitative estimate of drug-likeness (QED) is 0.902. The molecule has 1 N–H and O–H groups in total. The zero-order valence-corrected chi connectivity index (χ0v) is 12.8. The summed E-state index contributed by atoms with van der Waals surface area (Å²) in [5.74, 6) is 0.878. The van der Waals surface area contributed by atoms with Crippen molar-refractivity contribution in [3.63, 3.8) is 0 Å². The molecule has 3 rings (SSSR count). The Morgan fingerprint density at radius 3 is 2.95 bits per heavy atom. The molecule has 1 amide bonds. The Balaban J connectivity index is 1.64. The third-order valence-corrected chi connectivity index (χ3v) is 4.40. The van der Waals surface area contributed by atoms with E-state index in [9.17, 15) is 4.79 Å². The van der Waals surface area contributed by atoms with E-state index in [-0.39, 0.29) is 24.1 Å². The molecular weight excluding hydrogens is 268 g/mol. The number of ether oxygens (including phenoxy) is 1. The lowest BCUT2D eigenvalue weighted by Gasteiger charge is -2.34. The molecule has 0 aromatic carbocycles. The highest BCUT2D eigenvalue weighted by Gasteiger charge is 2.33. The minimum absolute atomic E-state index is 0.125. The zero-order valence-electron chi connectivity index (χ0n) is 12.8. The van der Waals surface area contributed by atoms with Gasteiger partial charge in [0.2, 0.25) is 5.91 Å². The number of carbonyl (C=O) groups is 1. The molecule has 0 aliphatic carbocycles. The summed E-state index contributed by atoms with van der Waals surface area (Å²) in [4.78, 5) is 14.5. The summed E-state index contributed by atoms with van der Waals surface area (Å²) in [7, 11) is 1.87. The van der Waals surface area contributed by atoms with Gasteiger partial charge in [0.25, 0.3) is 0 Å². The molecule has 1 aromatic rings. The van der Waals surface area contributed by atoms with E-state index in [2.05, 4.69) is 17.3 Å². The fraction of sp³-hybridized carbons (Fsp3) is 0.733. The molecule has 1 aromatic heterocycles. The molecule has 2 fully saturated rings. The molecule has 0 saturated carbocycles. The molecular formula is C15H24N4O2. The zero-order chi connectivity index (χ0) is 14.8. The van der Waals surface area contributed by atoms with Crippen LogP contribution in [0.25, 0.3) is 0 Å². The highest BCUT2D eigenvalue weighted by atomic mass is 16.5. The lowest BCUT2D eigenvalue weighted by atomic mass is 10.0. The lowest BCUT2D eigenvalue weighted by Crippen LogP contribution is -2.55. The maximum atomic E-state index is 12.7. The normalized spacial score (nSPS) is 28.1. The van der Waals surface area contributed by atoms with Gasteiger partial charge in [-0.05, 0) is 32.6 Å². The molecule has 6 heteroatoms. The van der Waals surface area contributed by atoms with Crippen LogP contribution >= 0.6 is 0 Å². The van der Waals surface area contributed by atoms with Crippen molar-refractivity contribution in [2.45, 2.75) is 50.8 Å². The van der Waals surface area contributed by atoms with Crippen molar-refractivity contribution in [2.75, 3.05) is 18.1 Å². The van der Waals surface area contributed by atoms with Gasteiger partial charge >= 0.3 is 0 Å². The third-order valence-electron chi connectivity index (χ3n) is 4.40. The summed E-state index contributed by atoms with van der Waals surface area (Å²) in [6, 6.07) is 1.98. The number of piperidine rings is 1. The standard InChI is InChI=1S/C15H24N4O2/c1-11(13-6-4-10-21-13)16-12-5-3-8-19(15(12)20)14-7-9-18(2)17-14/h7,9,11-13,16H,3-6,8,10H2,1-2H3/t11-,12-,13-/m0/s1. The fourth-order valence-electron chi connectivity index (χ4n) is 3.23. The van der Waals surface area contributed by atoms with Crippen molar-refractivity contribution in [3.8, 4) is 0 Å². The van der Waals surface area contributed by atoms with Crippen LogP contribution in [0.3, 0.4) is 0 Å². The van der Waals surface area contributed by atoms with Crippen LogP contribution in [0.1, 0.15) is 32.6 Å². The van der Waals surface area contributed by atoms with E-state index in [1.54, 1.807) is 9.58 Å². The summed E-state index contributed by atoms with van der Waals surface area (Å²) in [6.07, 6.45) is 6.20. The molecule has 21 heavy (non-hydrogen) atoms. The van der Waals surface area contributed by atoms with Gasteiger partial charge in [0, 0.05) is 38.5 Å². The van der Waals surface area contributed by atoms with Crippen LogP contribution in [0.15, 0.2) is 12.3 Å². The number of hydrogen-bond acceptors (Lipinski definition) is 4. The highest BCUT2D eigenvalue weighted by molar-refractivity contribution is 5.97. The van der Waals surface area contributed by atoms with E-state index in [4.69, 9.17) is 4.74 Å². The van der Waals surface area contributed by atoms with Gasteiger partial charge in [-0.15, -0.1) is 0 Å². The van der Waals surface area contributed by atoms with Crippen LogP contribution in [0, 0.1) is 0 Å². The van der Waals surface area contributed by atoms with E-state index in [0.717, 1.165) is 44.7 Å². The molecule has 0 unspecified atom stereocenters. The van der Waals surface area contributed by atoms with E-state index in [1.807, 2.05) is 19.3 Å². The van der Waals surface area contributed by atoms with E-state index in [0.29, 0.717) is 0 Å². The molecule has 2 saturated heterocycles. The van der Waals surface area contributed by atoms with Gasteiger partial charge in [-0.25, -0.2) is 0 Å². The van der Waals surface area contributed by atoms with E-state index in [1.165, 1.54) is 0 Å². The monoisotopic (exact) mass is 292 g/mol. The smallest absolute Gasteiger partial charge is 0.245 e. The second-order valence-corrected chi connectivity index (χ2v) is 6.04. The summed E-state index contributed by atoms with van der Waals surface area (Å²) in [5, 5.41) is 7.81. The Bertz CT molecular complexity index is 496. The number of carbonyl (C=O) groups excluding carboxylic acids is 1. The Morgan fingerprint density at radius 2 is 2.29 bits per heavy atom. The van der Waals surface area contributed by atoms with E-state index >= 15 is 0 Å². The molecule has 2 aliphatic rings. The van der Waals surface area contributed by atoms with Gasteiger partial charge in [0.05, 0.1) is 12.1 Å². The maximum absolute atomic E-state index is 12.7. The third kappa shape index (κ3) is 3.11. The van der Waals surface area contributed by atoms with Crippen molar-refractivity contribution in [1.82, 2.24) is 15.1 Å². The van der Waals surface area contributed by atoms with Gasteiger partial charge in [0.1, 0.15) is 0 Å².